The minimum absolute atomic E-state index is 0.580. The highest BCUT2D eigenvalue weighted by molar-refractivity contribution is 7.80. The van der Waals surface area contributed by atoms with Crippen molar-refractivity contribution in [2.45, 2.75) is 20.3 Å². The van der Waals surface area contributed by atoms with E-state index in [4.69, 9.17) is 17.0 Å². The van der Waals surface area contributed by atoms with Gasteiger partial charge in [-0.3, -0.25) is 0 Å². The van der Waals surface area contributed by atoms with Crippen molar-refractivity contribution < 1.29 is 9.84 Å². The molecule has 0 atom stereocenters. The van der Waals surface area contributed by atoms with Crippen LogP contribution in [0.4, 0.5) is 0 Å². The van der Waals surface area contributed by atoms with E-state index in [1.165, 1.54) is 0 Å². The van der Waals surface area contributed by atoms with E-state index < -0.39 is 0 Å². The Labute approximate surface area is 113 Å². The zero-order valence-electron chi connectivity index (χ0n) is 10.8. The number of thiocarbonyl (C=S) groups is 1. The van der Waals surface area contributed by atoms with E-state index in [1.54, 1.807) is 0 Å². The molecular formula is C13H20N3OS+. The molecule has 4 nitrogen and oxygen atoms in total. The smallest absolute Gasteiger partial charge is 0.223 e. The fraction of sp³-hybridized carbons (Fsp3) is 0.385. The molecule has 98 valence electrons. The van der Waals surface area contributed by atoms with Gasteiger partial charge in [-0.2, -0.15) is 0 Å². The average molecular weight is 266 g/mol. The molecule has 0 radical (unpaired) electrons. The van der Waals surface area contributed by atoms with Crippen molar-refractivity contribution >= 4 is 23.5 Å². The Morgan fingerprint density at radius 1 is 1.33 bits per heavy atom. The topological polar surface area (TPSA) is 47.3 Å². The highest BCUT2D eigenvalue weighted by atomic mass is 32.1. The first-order valence-electron chi connectivity index (χ1n) is 6.11. The molecule has 0 spiro atoms. The fourth-order valence-electron chi connectivity index (χ4n) is 1.27. The molecule has 0 fully saturated rings. The number of hydrogen-bond donors (Lipinski definition) is 3. The first-order valence-corrected chi connectivity index (χ1v) is 6.52. The van der Waals surface area contributed by atoms with Crippen LogP contribution in [0.3, 0.4) is 0 Å². The second-order valence-electron chi connectivity index (χ2n) is 3.69. The summed E-state index contributed by atoms with van der Waals surface area (Å²) in [4.78, 5) is 0. The summed E-state index contributed by atoms with van der Waals surface area (Å²) in [5, 5.41) is 6.49. The van der Waals surface area contributed by atoms with Gasteiger partial charge in [-0.05, 0) is 49.8 Å². The standard InChI is InChI=1S/C13H19N3OS/c1-3-9-17-12-7-5-11(6-8-12)10-15-16-13(18)14-4-2/h5-8,10H,3-4,9H2,1-2H3,(H2,14,16,18)/p+1. The van der Waals surface area contributed by atoms with Crippen LogP contribution < -0.4 is 20.6 Å². The zero-order chi connectivity index (χ0) is 13.2. The molecule has 5 heteroatoms. The maximum atomic E-state index is 5.50. The number of ether oxygens (including phenoxy) is 1. The Morgan fingerprint density at radius 3 is 2.67 bits per heavy atom. The summed E-state index contributed by atoms with van der Waals surface area (Å²) in [6.45, 7) is 5.63. The van der Waals surface area contributed by atoms with Crippen molar-refractivity contribution in [2.24, 2.45) is 0 Å². The summed E-state index contributed by atoms with van der Waals surface area (Å²) in [6, 6.07) is 7.86. The third-order valence-electron chi connectivity index (χ3n) is 2.11. The van der Waals surface area contributed by atoms with Gasteiger partial charge in [-0.1, -0.05) is 6.92 Å². The molecule has 0 aliphatic heterocycles. The normalized spacial score (nSPS) is 10.3. The van der Waals surface area contributed by atoms with Crippen LogP contribution in [0.2, 0.25) is 0 Å². The Hall–Kier alpha value is -1.62. The molecule has 18 heavy (non-hydrogen) atoms. The summed E-state index contributed by atoms with van der Waals surface area (Å²) >= 11 is 5.01. The third-order valence-corrected chi connectivity index (χ3v) is 2.36. The molecule has 3 N–H and O–H groups in total. The maximum Gasteiger partial charge on any atom is 0.223 e. The van der Waals surface area contributed by atoms with Crippen LogP contribution in [0.1, 0.15) is 25.8 Å². The summed E-state index contributed by atoms with van der Waals surface area (Å²) in [5.41, 5.74) is 3.91. The minimum atomic E-state index is 0.580. The Morgan fingerprint density at radius 2 is 2.06 bits per heavy atom. The van der Waals surface area contributed by atoms with Crippen LogP contribution in [-0.4, -0.2) is 24.5 Å². The minimum Gasteiger partial charge on any atom is -0.494 e. The molecule has 1 aromatic carbocycles. The molecule has 0 amide bonds. The maximum absolute atomic E-state index is 5.50. The molecular weight excluding hydrogens is 246 g/mol. The lowest BCUT2D eigenvalue weighted by Crippen LogP contribution is -2.82. The van der Waals surface area contributed by atoms with E-state index in [2.05, 4.69) is 22.8 Å². The number of hydrazine groups is 1. The number of rotatable bonds is 6. The van der Waals surface area contributed by atoms with Gasteiger partial charge >= 0.3 is 0 Å². The van der Waals surface area contributed by atoms with Crippen molar-refractivity contribution in [1.82, 2.24) is 10.7 Å². The quantitative estimate of drug-likeness (QED) is 0.396. The predicted molar refractivity (Wildman–Crippen MR) is 77.8 cm³/mol. The molecule has 0 bridgehead atoms. The van der Waals surface area contributed by atoms with Gasteiger partial charge in [0.05, 0.1) is 6.61 Å². The van der Waals surface area contributed by atoms with Gasteiger partial charge in [-0.25, -0.2) is 0 Å². The van der Waals surface area contributed by atoms with Crippen LogP contribution in [0, 0.1) is 0 Å². The first kappa shape index (κ1) is 14.4. The Balaban J connectivity index is 2.43. The van der Waals surface area contributed by atoms with Crippen LogP contribution in [0.15, 0.2) is 24.3 Å². The largest absolute Gasteiger partial charge is 0.494 e. The zero-order valence-corrected chi connectivity index (χ0v) is 11.6. The second kappa shape index (κ2) is 8.47. The van der Waals surface area contributed by atoms with E-state index in [0.717, 1.165) is 30.9 Å². The summed E-state index contributed by atoms with van der Waals surface area (Å²) < 4.78 is 5.50. The molecule has 0 aliphatic rings. The van der Waals surface area contributed by atoms with E-state index in [9.17, 15) is 0 Å². The predicted octanol–water partition coefficient (Wildman–Crippen LogP) is 0.374. The van der Waals surface area contributed by atoms with Crippen molar-refractivity contribution in [3.05, 3.63) is 29.8 Å². The van der Waals surface area contributed by atoms with E-state index in [0.29, 0.717) is 5.11 Å². The second-order valence-corrected chi connectivity index (χ2v) is 4.10. The summed E-state index contributed by atoms with van der Waals surface area (Å²) in [7, 11) is 0. The van der Waals surface area contributed by atoms with Crippen LogP contribution in [0.25, 0.3) is 0 Å². The van der Waals surface area contributed by atoms with Gasteiger partial charge in [0.25, 0.3) is 0 Å². The molecule has 0 saturated carbocycles. The van der Waals surface area contributed by atoms with Crippen molar-refractivity contribution in [2.75, 3.05) is 13.2 Å². The first-order chi connectivity index (χ1) is 8.76. The van der Waals surface area contributed by atoms with Gasteiger partial charge in [0.1, 0.15) is 5.75 Å². The molecule has 0 aromatic heterocycles. The van der Waals surface area contributed by atoms with Crippen molar-refractivity contribution in [1.29, 1.82) is 0 Å². The lowest BCUT2D eigenvalue weighted by atomic mass is 10.2. The number of benzene rings is 1. The van der Waals surface area contributed by atoms with E-state index >= 15 is 0 Å². The van der Waals surface area contributed by atoms with E-state index in [1.807, 2.05) is 37.4 Å². The fourth-order valence-corrected chi connectivity index (χ4v) is 1.47. The third kappa shape index (κ3) is 5.63. The number of nitrogens with one attached hydrogen (secondary N) is 3. The van der Waals surface area contributed by atoms with Crippen LogP contribution in [0.5, 0.6) is 5.75 Å². The monoisotopic (exact) mass is 266 g/mol. The van der Waals surface area contributed by atoms with Crippen LogP contribution >= 0.6 is 12.2 Å². The van der Waals surface area contributed by atoms with Gasteiger partial charge in [-0.15, -0.1) is 10.5 Å². The molecule has 1 rings (SSSR count). The molecule has 0 heterocycles. The molecule has 0 saturated heterocycles. The molecule has 0 aliphatic carbocycles. The SMILES string of the molecule is CCCOc1ccc(C=[NH+]NC(=S)NCC)cc1. The molecule has 1 aromatic rings. The van der Waals surface area contributed by atoms with Gasteiger partial charge < -0.3 is 10.1 Å². The van der Waals surface area contributed by atoms with Crippen LogP contribution in [-0.2, 0) is 0 Å². The van der Waals surface area contributed by atoms with Crippen molar-refractivity contribution in [3.63, 3.8) is 0 Å². The Kier molecular flexibility index (Phi) is 6.79. The van der Waals surface area contributed by atoms with Gasteiger partial charge in [0.15, 0.2) is 6.21 Å². The lowest BCUT2D eigenvalue weighted by molar-refractivity contribution is -0.500. The highest BCUT2D eigenvalue weighted by Gasteiger charge is 1.96. The summed E-state index contributed by atoms with van der Waals surface area (Å²) in [6.07, 6.45) is 2.86. The highest BCUT2D eigenvalue weighted by Crippen LogP contribution is 2.10. The molecule has 0 unspecified atom stereocenters. The number of hydrazone groups is 1. The van der Waals surface area contributed by atoms with Gasteiger partial charge in [0.2, 0.25) is 5.11 Å². The van der Waals surface area contributed by atoms with Crippen molar-refractivity contribution in [3.8, 4) is 5.75 Å². The lowest BCUT2D eigenvalue weighted by Gasteiger charge is -2.03. The number of hydrogen-bond acceptors (Lipinski definition) is 2. The summed E-state index contributed by atoms with van der Waals surface area (Å²) in [5.74, 6) is 0.894. The Bertz CT molecular complexity index is 390. The average Bonchev–Trinajstić information content (AvgIpc) is 2.38. The van der Waals surface area contributed by atoms with Gasteiger partial charge in [0, 0.05) is 12.1 Å². The van der Waals surface area contributed by atoms with E-state index in [-0.39, 0.29) is 0 Å².